The summed E-state index contributed by atoms with van der Waals surface area (Å²) in [7, 11) is 0. The molecule has 20 heavy (non-hydrogen) atoms. The summed E-state index contributed by atoms with van der Waals surface area (Å²) in [4.78, 5) is 0. The summed E-state index contributed by atoms with van der Waals surface area (Å²) in [5.74, 6) is 1.72. The Kier molecular flexibility index (Phi) is 5.26. The monoisotopic (exact) mass is 273 g/mol. The van der Waals surface area contributed by atoms with Gasteiger partial charge in [0.1, 0.15) is 0 Å². The first-order chi connectivity index (χ1) is 9.50. The first kappa shape index (κ1) is 15.6. The SMILES string of the molecule is CC(C)(C)c1ccc(C2CCC(CCCN)CC2)cc1. The van der Waals surface area contributed by atoms with Crippen LogP contribution >= 0.6 is 0 Å². The quantitative estimate of drug-likeness (QED) is 0.821. The van der Waals surface area contributed by atoms with E-state index in [1.54, 1.807) is 5.56 Å². The number of rotatable bonds is 4. The Labute approximate surface area is 125 Å². The maximum absolute atomic E-state index is 5.61. The van der Waals surface area contributed by atoms with Crippen molar-refractivity contribution >= 4 is 0 Å². The largest absolute Gasteiger partial charge is 0.330 e. The molecule has 0 unspecified atom stereocenters. The Hall–Kier alpha value is -0.820. The summed E-state index contributed by atoms with van der Waals surface area (Å²) in [6, 6.07) is 9.39. The Bertz CT molecular complexity index is 391. The molecule has 0 heterocycles. The van der Waals surface area contributed by atoms with Crippen LogP contribution in [0, 0.1) is 5.92 Å². The molecule has 1 heteroatoms. The number of hydrogen-bond donors (Lipinski definition) is 1. The normalized spacial score (nSPS) is 23.8. The second-order valence-corrected chi connectivity index (χ2v) is 7.52. The van der Waals surface area contributed by atoms with Crippen LogP contribution in [0.25, 0.3) is 0 Å². The zero-order valence-corrected chi connectivity index (χ0v) is 13.5. The third-order valence-corrected chi connectivity index (χ3v) is 4.91. The minimum absolute atomic E-state index is 0.262. The van der Waals surface area contributed by atoms with Crippen LogP contribution < -0.4 is 5.73 Å². The van der Waals surface area contributed by atoms with Crippen molar-refractivity contribution in [3.8, 4) is 0 Å². The van der Waals surface area contributed by atoms with Gasteiger partial charge in [0.2, 0.25) is 0 Å². The Morgan fingerprint density at radius 2 is 1.60 bits per heavy atom. The topological polar surface area (TPSA) is 26.0 Å². The van der Waals surface area contributed by atoms with Crippen LogP contribution in [0.1, 0.15) is 76.3 Å². The molecular weight excluding hydrogens is 242 g/mol. The van der Waals surface area contributed by atoms with Gasteiger partial charge in [-0.2, -0.15) is 0 Å². The van der Waals surface area contributed by atoms with Gasteiger partial charge < -0.3 is 5.73 Å². The first-order valence-electron chi connectivity index (χ1n) is 8.31. The van der Waals surface area contributed by atoms with Crippen molar-refractivity contribution in [2.75, 3.05) is 6.54 Å². The van der Waals surface area contributed by atoms with Gasteiger partial charge >= 0.3 is 0 Å². The van der Waals surface area contributed by atoms with Gasteiger partial charge in [-0.25, -0.2) is 0 Å². The molecule has 2 rings (SSSR count). The molecule has 112 valence electrons. The highest BCUT2D eigenvalue weighted by molar-refractivity contribution is 5.29. The van der Waals surface area contributed by atoms with E-state index in [1.807, 2.05) is 0 Å². The van der Waals surface area contributed by atoms with E-state index in [2.05, 4.69) is 45.0 Å². The molecule has 0 radical (unpaired) electrons. The third-order valence-electron chi connectivity index (χ3n) is 4.91. The highest BCUT2D eigenvalue weighted by Gasteiger charge is 2.22. The van der Waals surface area contributed by atoms with Crippen LogP contribution in [0.4, 0.5) is 0 Å². The highest BCUT2D eigenvalue weighted by Crippen LogP contribution is 2.37. The van der Waals surface area contributed by atoms with Crippen LogP contribution in [-0.2, 0) is 5.41 Å². The van der Waals surface area contributed by atoms with Crippen molar-refractivity contribution in [1.82, 2.24) is 0 Å². The number of nitrogens with two attached hydrogens (primary N) is 1. The van der Waals surface area contributed by atoms with E-state index >= 15 is 0 Å². The lowest BCUT2D eigenvalue weighted by atomic mass is 9.76. The van der Waals surface area contributed by atoms with E-state index in [4.69, 9.17) is 5.73 Å². The van der Waals surface area contributed by atoms with Crippen LogP contribution in [0.2, 0.25) is 0 Å². The van der Waals surface area contributed by atoms with Gasteiger partial charge in [0, 0.05) is 0 Å². The summed E-state index contributed by atoms with van der Waals surface area (Å²) < 4.78 is 0. The minimum atomic E-state index is 0.262. The van der Waals surface area contributed by atoms with Crippen LogP contribution in [0.5, 0.6) is 0 Å². The van der Waals surface area contributed by atoms with Crippen molar-refractivity contribution in [3.05, 3.63) is 35.4 Å². The van der Waals surface area contributed by atoms with Crippen LogP contribution in [-0.4, -0.2) is 6.54 Å². The second kappa shape index (κ2) is 6.76. The van der Waals surface area contributed by atoms with E-state index in [1.165, 1.54) is 44.1 Å². The van der Waals surface area contributed by atoms with Gasteiger partial charge in [-0.05, 0) is 73.4 Å². The van der Waals surface area contributed by atoms with Gasteiger partial charge in [0.15, 0.2) is 0 Å². The van der Waals surface area contributed by atoms with Crippen molar-refractivity contribution in [1.29, 1.82) is 0 Å². The molecule has 1 aliphatic carbocycles. The van der Waals surface area contributed by atoms with Crippen molar-refractivity contribution < 1.29 is 0 Å². The van der Waals surface area contributed by atoms with Crippen molar-refractivity contribution in [3.63, 3.8) is 0 Å². The lowest BCUT2D eigenvalue weighted by Crippen LogP contribution is -2.15. The Morgan fingerprint density at radius 3 is 2.10 bits per heavy atom. The zero-order valence-electron chi connectivity index (χ0n) is 13.5. The molecule has 0 bridgehead atoms. The second-order valence-electron chi connectivity index (χ2n) is 7.52. The van der Waals surface area contributed by atoms with Crippen LogP contribution in [0.3, 0.4) is 0 Å². The molecule has 2 N–H and O–H groups in total. The molecule has 1 aliphatic rings. The highest BCUT2D eigenvalue weighted by atomic mass is 14.5. The predicted octanol–water partition coefficient (Wildman–Crippen LogP) is 5.00. The molecule has 0 aromatic heterocycles. The van der Waals surface area contributed by atoms with E-state index < -0.39 is 0 Å². The van der Waals surface area contributed by atoms with E-state index in [0.717, 1.165) is 18.4 Å². The lowest BCUT2D eigenvalue weighted by molar-refractivity contribution is 0.306. The first-order valence-corrected chi connectivity index (χ1v) is 8.31. The summed E-state index contributed by atoms with van der Waals surface area (Å²) in [5.41, 5.74) is 8.87. The fraction of sp³-hybridized carbons (Fsp3) is 0.684. The summed E-state index contributed by atoms with van der Waals surface area (Å²) in [6.07, 6.45) is 8.06. The minimum Gasteiger partial charge on any atom is -0.330 e. The molecule has 0 saturated heterocycles. The standard InChI is InChI=1S/C19H31N/c1-19(2,3)18-12-10-17(11-13-18)16-8-6-15(7-9-16)5-4-14-20/h10-13,15-16H,4-9,14,20H2,1-3H3. The van der Waals surface area contributed by atoms with E-state index in [0.29, 0.717) is 0 Å². The molecule has 0 atom stereocenters. The van der Waals surface area contributed by atoms with Gasteiger partial charge in [0.25, 0.3) is 0 Å². The molecule has 1 aromatic rings. The number of hydrogen-bond acceptors (Lipinski definition) is 1. The maximum atomic E-state index is 5.61. The zero-order chi connectivity index (χ0) is 14.6. The molecule has 1 aromatic carbocycles. The van der Waals surface area contributed by atoms with Gasteiger partial charge in [0.05, 0.1) is 0 Å². The maximum Gasteiger partial charge on any atom is -0.00772 e. The van der Waals surface area contributed by atoms with Gasteiger partial charge in [-0.15, -0.1) is 0 Å². The smallest absolute Gasteiger partial charge is 0.00772 e. The summed E-state index contributed by atoms with van der Waals surface area (Å²) in [5, 5.41) is 0. The molecule has 1 fully saturated rings. The molecule has 1 nitrogen and oxygen atoms in total. The predicted molar refractivity (Wildman–Crippen MR) is 88.1 cm³/mol. The molecule has 1 saturated carbocycles. The summed E-state index contributed by atoms with van der Waals surface area (Å²) in [6.45, 7) is 7.70. The van der Waals surface area contributed by atoms with Gasteiger partial charge in [-0.3, -0.25) is 0 Å². The number of benzene rings is 1. The van der Waals surface area contributed by atoms with Gasteiger partial charge in [-0.1, -0.05) is 45.0 Å². The fourth-order valence-electron chi connectivity index (χ4n) is 3.45. The summed E-state index contributed by atoms with van der Waals surface area (Å²) >= 11 is 0. The average molecular weight is 273 g/mol. The fourth-order valence-corrected chi connectivity index (χ4v) is 3.45. The molecule has 0 amide bonds. The van der Waals surface area contributed by atoms with E-state index in [9.17, 15) is 0 Å². The van der Waals surface area contributed by atoms with E-state index in [-0.39, 0.29) is 5.41 Å². The molecule has 0 spiro atoms. The molecule has 0 aliphatic heterocycles. The lowest BCUT2D eigenvalue weighted by Gasteiger charge is -2.29. The molecular formula is C19H31N. The van der Waals surface area contributed by atoms with Crippen LogP contribution in [0.15, 0.2) is 24.3 Å². The van der Waals surface area contributed by atoms with Crippen molar-refractivity contribution in [2.45, 2.75) is 70.6 Å². The Balaban J connectivity index is 1.90. The Morgan fingerprint density at radius 1 is 1.00 bits per heavy atom. The third kappa shape index (κ3) is 4.09. The average Bonchev–Trinajstić information content (AvgIpc) is 2.45. The van der Waals surface area contributed by atoms with Crippen molar-refractivity contribution in [2.24, 2.45) is 11.7 Å².